The summed E-state index contributed by atoms with van der Waals surface area (Å²) < 4.78 is 5.68. The van der Waals surface area contributed by atoms with Gasteiger partial charge in [-0.15, -0.1) is 0 Å². The van der Waals surface area contributed by atoms with E-state index >= 15 is 0 Å². The second-order valence-corrected chi connectivity index (χ2v) is 4.68. The number of hydrogen-bond donors (Lipinski definition) is 1. The molecule has 3 nitrogen and oxygen atoms in total. The van der Waals surface area contributed by atoms with Crippen LogP contribution in [-0.4, -0.2) is 16.2 Å². The molecule has 1 heterocycles. The van der Waals surface area contributed by atoms with Gasteiger partial charge >= 0.3 is 0 Å². The van der Waals surface area contributed by atoms with E-state index in [1.165, 1.54) is 12.8 Å². The highest BCUT2D eigenvalue weighted by Gasteiger charge is 2.28. The second-order valence-electron chi connectivity index (χ2n) is 4.68. The maximum absolute atomic E-state index is 9.34. The highest BCUT2D eigenvalue weighted by Crippen LogP contribution is 2.40. The standard InChI is InChI=1S/C13H15NO2/c1-8(15)6-9-2-5-12-11(7-9)14-13(16-12)10-3-4-10/h2,5,7-8,10,15H,3-4,6H2,1H3. The molecule has 1 aromatic heterocycles. The highest BCUT2D eigenvalue weighted by atomic mass is 16.3. The normalized spacial score (nSPS) is 17.9. The van der Waals surface area contributed by atoms with Gasteiger partial charge in [0.15, 0.2) is 11.5 Å². The van der Waals surface area contributed by atoms with E-state index in [1.54, 1.807) is 6.92 Å². The van der Waals surface area contributed by atoms with Gasteiger partial charge in [0, 0.05) is 5.92 Å². The van der Waals surface area contributed by atoms with Gasteiger partial charge in [-0.3, -0.25) is 0 Å². The molecule has 1 N–H and O–H groups in total. The fourth-order valence-corrected chi connectivity index (χ4v) is 1.96. The van der Waals surface area contributed by atoms with Crippen molar-refractivity contribution in [3.8, 4) is 0 Å². The minimum atomic E-state index is -0.313. The molecule has 3 rings (SSSR count). The third-order valence-corrected chi connectivity index (χ3v) is 2.93. The summed E-state index contributed by atoms with van der Waals surface area (Å²) in [7, 11) is 0. The van der Waals surface area contributed by atoms with Crippen LogP contribution in [0.25, 0.3) is 11.1 Å². The summed E-state index contributed by atoms with van der Waals surface area (Å²) in [6.07, 6.45) is 2.76. The van der Waals surface area contributed by atoms with Crippen LogP contribution < -0.4 is 0 Å². The summed E-state index contributed by atoms with van der Waals surface area (Å²) in [5, 5.41) is 9.34. The van der Waals surface area contributed by atoms with Crippen molar-refractivity contribution in [2.75, 3.05) is 0 Å². The molecule has 0 saturated heterocycles. The van der Waals surface area contributed by atoms with Gasteiger partial charge in [-0.2, -0.15) is 0 Å². The van der Waals surface area contributed by atoms with Crippen molar-refractivity contribution in [1.29, 1.82) is 0 Å². The van der Waals surface area contributed by atoms with Gasteiger partial charge in [0.2, 0.25) is 0 Å². The Hall–Kier alpha value is -1.35. The lowest BCUT2D eigenvalue weighted by atomic mass is 10.1. The quantitative estimate of drug-likeness (QED) is 0.859. The Morgan fingerprint density at radius 2 is 2.31 bits per heavy atom. The van der Waals surface area contributed by atoms with Crippen molar-refractivity contribution in [3.05, 3.63) is 29.7 Å². The largest absolute Gasteiger partial charge is 0.440 e. The van der Waals surface area contributed by atoms with Gasteiger partial charge in [0.1, 0.15) is 5.52 Å². The molecule has 1 unspecified atom stereocenters. The average molecular weight is 217 g/mol. The Labute approximate surface area is 94.1 Å². The zero-order chi connectivity index (χ0) is 11.1. The number of nitrogens with zero attached hydrogens (tertiary/aromatic N) is 1. The summed E-state index contributed by atoms with van der Waals surface area (Å²) >= 11 is 0. The molecule has 1 saturated carbocycles. The van der Waals surface area contributed by atoms with Crippen LogP contribution in [-0.2, 0) is 6.42 Å². The van der Waals surface area contributed by atoms with Crippen LogP contribution in [0.1, 0.15) is 37.1 Å². The Kier molecular flexibility index (Phi) is 2.21. The first-order valence-electron chi connectivity index (χ1n) is 5.80. The Morgan fingerprint density at radius 1 is 1.50 bits per heavy atom. The van der Waals surface area contributed by atoms with Crippen molar-refractivity contribution in [2.24, 2.45) is 0 Å². The molecule has 1 atom stereocenters. The van der Waals surface area contributed by atoms with Crippen molar-refractivity contribution in [3.63, 3.8) is 0 Å². The lowest BCUT2D eigenvalue weighted by Crippen LogP contribution is -2.03. The molecule has 1 aliphatic carbocycles. The molecule has 0 aliphatic heterocycles. The van der Waals surface area contributed by atoms with Crippen molar-refractivity contribution < 1.29 is 9.52 Å². The minimum Gasteiger partial charge on any atom is -0.440 e. The molecule has 1 aliphatic rings. The second kappa shape index (κ2) is 3.59. The maximum Gasteiger partial charge on any atom is 0.198 e. The van der Waals surface area contributed by atoms with E-state index in [9.17, 15) is 5.11 Å². The van der Waals surface area contributed by atoms with Gasteiger partial charge < -0.3 is 9.52 Å². The van der Waals surface area contributed by atoms with Gasteiger partial charge in [-0.05, 0) is 43.9 Å². The molecular weight excluding hydrogens is 202 g/mol. The summed E-state index contributed by atoms with van der Waals surface area (Å²) in [6.45, 7) is 1.79. The van der Waals surface area contributed by atoms with E-state index in [-0.39, 0.29) is 6.10 Å². The maximum atomic E-state index is 9.34. The molecule has 3 heteroatoms. The first-order chi connectivity index (χ1) is 7.72. The molecule has 16 heavy (non-hydrogen) atoms. The van der Waals surface area contributed by atoms with E-state index in [0.717, 1.165) is 22.6 Å². The summed E-state index contributed by atoms with van der Waals surface area (Å²) in [6, 6.07) is 5.96. The topological polar surface area (TPSA) is 46.3 Å². The van der Waals surface area contributed by atoms with Crippen LogP contribution in [0.5, 0.6) is 0 Å². The monoisotopic (exact) mass is 217 g/mol. The molecule has 1 aromatic carbocycles. The predicted molar refractivity (Wildman–Crippen MR) is 61.4 cm³/mol. The van der Waals surface area contributed by atoms with Crippen LogP contribution >= 0.6 is 0 Å². The molecule has 0 radical (unpaired) electrons. The molecule has 0 amide bonds. The van der Waals surface area contributed by atoms with Crippen LogP contribution in [0.4, 0.5) is 0 Å². The van der Waals surface area contributed by atoms with Crippen molar-refractivity contribution in [1.82, 2.24) is 4.98 Å². The van der Waals surface area contributed by atoms with Gasteiger partial charge in [-0.25, -0.2) is 4.98 Å². The Balaban J connectivity index is 1.96. The first-order valence-corrected chi connectivity index (χ1v) is 5.80. The summed E-state index contributed by atoms with van der Waals surface area (Å²) in [5.41, 5.74) is 2.88. The Bertz CT molecular complexity index is 512. The summed E-state index contributed by atoms with van der Waals surface area (Å²) in [4.78, 5) is 4.49. The van der Waals surface area contributed by atoms with E-state index in [0.29, 0.717) is 12.3 Å². The molecule has 84 valence electrons. The van der Waals surface area contributed by atoms with E-state index < -0.39 is 0 Å². The number of rotatable bonds is 3. The number of benzene rings is 1. The van der Waals surface area contributed by atoms with E-state index in [4.69, 9.17) is 4.42 Å². The van der Waals surface area contributed by atoms with Crippen LogP contribution in [0.2, 0.25) is 0 Å². The Morgan fingerprint density at radius 3 is 3.00 bits per heavy atom. The van der Waals surface area contributed by atoms with Gasteiger partial charge in [0.05, 0.1) is 6.10 Å². The molecule has 2 aromatic rings. The minimum absolute atomic E-state index is 0.313. The third kappa shape index (κ3) is 1.83. The number of fused-ring (bicyclic) bond motifs is 1. The average Bonchev–Trinajstić information content (AvgIpc) is 2.98. The van der Waals surface area contributed by atoms with Gasteiger partial charge in [-0.1, -0.05) is 6.07 Å². The lowest BCUT2D eigenvalue weighted by Gasteiger charge is -2.02. The number of aromatic nitrogens is 1. The number of oxazole rings is 1. The van der Waals surface area contributed by atoms with Crippen molar-refractivity contribution >= 4 is 11.1 Å². The fourth-order valence-electron chi connectivity index (χ4n) is 1.96. The van der Waals surface area contributed by atoms with Crippen molar-refractivity contribution in [2.45, 2.75) is 38.2 Å². The number of aliphatic hydroxyl groups excluding tert-OH is 1. The van der Waals surface area contributed by atoms with Gasteiger partial charge in [0.25, 0.3) is 0 Å². The number of hydrogen-bond acceptors (Lipinski definition) is 3. The molecular formula is C13H15NO2. The molecule has 0 spiro atoms. The van der Waals surface area contributed by atoms with E-state index in [1.807, 2.05) is 18.2 Å². The first kappa shape index (κ1) is 9.85. The zero-order valence-corrected chi connectivity index (χ0v) is 9.31. The van der Waals surface area contributed by atoms with Crippen LogP contribution in [0.15, 0.2) is 22.6 Å². The van der Waals surface area contributed by atoms with E-state index in [2.05, 4.69) is 4.98 Å². The highest BCUT2D eigenvalue weighted by molar-refractivity contribution is 5.73. The number of aliphatic hydroxyl groups is 1. The SMILES string of the molecule is CC(O)Cc1ccc2oc(C3CC3)nc2c1. The molecule has 1 fully saturated rings. The fraction of sp³-hybridized carbons (Fsp3) is 0.462. The van der Waals surface area contributed by atoms with Crippen LogP contribution in [0.3, 0.4) is 0 Å². The molecule has 0 bridgehead atoms. The smallest absolute Gasteiger partial charge is 0.198 e. The third-order valence-electron chi connectivity index (χ3n) is 2.93. The lowest BCUT2D eigenvalue weighted by molar-refractivity contribution is 0.195. The zero-order valence-electron chi connectivity index (χ0n) is 9.31. The predicted octanol–water partition coefficient (Wildman–Crippen LogP) is 2.63. The summed E-state index contributed by atoms with van der Waals surface area (Å²) in [5.74, 6) is 1.43. The van der Waals surface area contributed by atoms with Crippen LogP contribution in [0, 0.1) is 0 Å².